The molecule has 27 heavy (non-hydrogen) atoms. The second kappa shape index (κ2) is 10.1. The zero-order valence-electron chi connectivity index (χ0n) is 16.1. The number of rotatable bonds is 11. The van der Waals surface area contributed by atoms with Gasteiger partial charge >= 0.3 is 0 Å². The third-order valence-electron chi connectivity index (χ3n) is 4.31. The number of hydrogen-bond acceptors (Lipinski definition) is 8. The first kappa shape index (κ1) is 20.9. The minimum absolute atomic E-state index is 0.00469. The predicted molar refractivity (Wildman–Crippen MR) is 109 cm³/mol. The molecule has 1 aliphatic carbocycles. The highest BCUT2D eigenvalue weighted by molar-refractivity contribution is 6.32. The summed E-state index contributed by atoms with van der Waals surface area (Å²) in [6, 6.07) is -0.0293. The molecule has 2 unspecified atom stereocenters. The summed E-state index contributed by atoms with van der Waals surface area (Å²) in [5.41, 5.74) is 17.7. The second-order valence-corrected chi connectivity index (χ2v) is 6.94. The molecule has 1 saturated carbocycles. The van der Waals surface area contributed by atoms with Gasteiger partial charge in [0.15, 0.2) is 11.5 Å². The van der Waals surface area contributed by atoms with Crippen LogP contribution in [0.3, 0.4) is 0 Å². The van der Waals surface area contributed by atoms with Crippen molar-refractivity contribution in [3.05, 3.63) is 11.9 Å². The van der Waals surface area contributed by atoms with E-state index in [1.165, 1.54) is 19.0 Å². The molecule has 1 aliphatic rings. The van der Waals surface area contributed by atoms with Crippen LogP contribution in [-0.2, 0) is 0 Å². The Kier molecular flexibility index (Phi) is 7.81. The highest BCUT2D eigenvalue weighted by Gasteiger charge is 2.20. The fourth-order valence-corrected chi connectivity index (χ4v) is 2.54. The average Bonchev–Trinajstić information content (AvgIpc) is 3.44. The topological polar surface area (TPSA) is 158 Å². The molecule has 1 aromatic heterocycles. The number of primary amides is 1. The summed E-state index contributed by atoms with van der Waals surface area (Å²) in [6.45, 7) is 4.95. The molecule has 9 heteroatoms. The molecule has 2 atom stereocenters. The number of amides is 1. The molecule has 148 valence electrons. The molecule has 1 aromatic rings. The van der Waals surface area contributed by atoms with Crippen molar-refractivity contribution < 1.29 is 4.79 Å². The van der Waals surface area contributed by atoms with E-state index in [-0.39, 0.29) is 30.1 Å². The van der Waals surface area contributed by atoms with Crippen molar-refractivity contribution in [2.75, 3.05) is 18.4 Å². The van der Waals surface area contributed by atoms with E-state index in [9.17, 15) is 4.79 Å². The molecule has 1 fully saturated rings. The van der Waals surface area contributed by atoms with Crippen LogP contribution in [0.15, 0.2) is 16.2 Å². The van der Waals surface area contributed by atoms with Gasteiger partial charge in [0.05, 0.1) is 11.9 Å². The van der Waals surface area contributed by atoms with Gasteiger partial charge in [-0.05, 0) is 32.1 Å². The molecule has 0 saturated heterocycles. The number of aliphatic imine (C=N–C) groups is 2. The smallest absolute Gasteiger partial charge is 0.271 e. The van der Waals surface area contributed by atoms with Gasteiger partial charge in [0.25, 0.3) is 5.91 Å². The Morgan fingerprint density at radius 1 is 1.48 bits per heavy atom. The van der Waals surface area contributed by atoms with E-state index in [4.69, 9.17) is 17.2 Å². The van der Waals surface area contributed by atoms with Crippen LogP contribution in [0.2, 0.25) is 0 Å². The van der Waals surface area contributed by atoms with Crippen molar-refractivity contribution in [1.82, 2.24) is 9.97 Å². The van der Waals surface area contributed by atoms with Gasteiger partial charge < -0.3 is 22.5 Å². The van der Waals surface area contributed by atoms with E-state index in [0.29, 0.717) is 17.4 Å². The molecule has 1 amide bonds. The van der Waals surface area contributed by atoms with Crippen molar-refractivity contribution in [1.29, 1.82) is 0 Å². The van der Waals surface area contributed by atoms with Gasteiger partial charge in [0, 0.05) is 31.4 Å². The zero-order valence-corrected chi connectivity index (χ0v) is 16.1. The summed E-state index contributed by atoms with van der Waals surface area (Å²) in [7, 11) is 0. The second-order valence-electron chi connectivity index (χ2n) is 6.94. The maximum absolute atomic E-state index is 11.7. The van der Waals surface area contributed by atoms with Crippen molar-refractivity contribution in [2.24, 2.45) is 33.1 Å². The quantitative estimate of drug-likeness (QED) is 0.423. The predicted octanol–water partition coefficient (Wildman–Crippen LogP) is 1.02. The Hall–Kier alpha value is -2.39. The molecule has 0 bridgehead atoms. The number of nitrogens with two attached hydrogens (primary N) is 3. The average molecular weight is 374 g/mol. The van der Waals surface area contributed by atoms with Gasteiger partial charge in [-0.3, -0.25) is 9.79 Å². The van der Waals surface area contributed by atoms with Gasteiger partial charge in [-0.1, -0.05) is 13.3 Å². The number of carbonyl (C=O) groups excluding carboxylic acids is 1. The van der Waals surface area contributed by atoms with Crippen LogP contribution < -0.4 is 22.5 Å². The van der Waals surface area contributed by atoms with E-state index >= 15 is 0 Å². The lowest BCUT2D eigenvalue weighted by Gasteiger charge is -2.22. The van der Waals surface area contributed by atoms with Crippen molar-refractivity contribution >= 4 is 29.5 Å². The molecule has 0 spiro atoms. The summed E-state index contributed by atoms with van der Waals surface area (Å²) < 4.78 is 0. The minimum atomic E-state index is -0.698. The van der Waals surface area contributed by atoms with E-state index in [2.05, 4.69) is 32.2 Å². The fraction of sp³-hybridized carbons (Fsp3) is 0.611. The Morgan fingerprint density at radius 3 is 2.78 bits per heavy atom. The number of carbonyl (C=O) groups is 1. The van der Waals surface area contributed by atoms with Gasteiger partial charge in [-0.25, -0.2) is 15.0 Å². The number of nitrogens with one attached hydrogen (secondary N) is 1. The fourth-order valence-electron chi connectivity index (χ4n) is 2.54. The van der Waals surface area contributed by atoms with Crippen LogP contribution in [0.5, 0.6) is 0 Å². The maximum atomic E-state index is 11.7. The third kappa shape index (κ3) is 6.69. The molecule has 9 nitrogen and oxygen atoms in total. The number of nitrogens with zero attached hydrogens (tertiary/aromatic N) is 4. The van der Waals surface area contributed by atoms with Crippen molar-refractivity contribution in [3.8, 4) is 0 Å². The van der Waals surface area contributed by atoms with Crippen LogP contribution in [0.1, 0.15) is 50.0 Å². The Bertz CT molecular complexity index is 697. The molecule has 0 radical (unpaired) electrons. The Balaban J connectivity index is 2.26. The van der Waals surface area contributed by atoms with Gasteiger partial charge in [-0.2, -0.15) is 0 Å². The summed E-state index contributed by atoms with van der Waals surface area (Å²) in [4.78, 5) is 29.0. The first-order chi connectivity index (χ1) is 12.9. The zero-order chi connectivity index (χ0) is 19.8. The van der Waals surface area contributed by atoms with E-state index in [0.717, 1.165) is 19.4 Å². The number of hydrogen-bond donors (Lipinski definition) is 4. The molecule has 0 aliphatic heterocycles. The standard InChI is InChI=1S/C18H30N8O/c1-3-4-14(11(2)20)25-15-10-23-16(17(21)27)18(26-15)24-13(7-19)9-22-8-12-5-6-12/h9-12,14H,3-8,19-20H2,1-2H3,(H2,21,27)(H,25,26). The third-order valence-corrected chi connectivity index (χ3v) is 4.31. The van der Waals surface area contributed by atoms with Crippen LogP contribution in [0.4, 0.5) is 11.6 Å². The maximum Gasteiger partial charge on any atom is 0.271 e. The highest BCUT2D eigenvalue weighted by Crippen LogP contribution is 2.28. The normalized spacial score (nSPS) is 17.1. The molecule has 1 heterocycles. The van der Waals surface area contributed by atoms with Gasteiger partial charge in [-0.15, -0.1) is 0 Å². The number of anilines is 1. The van der Waals surface area contributed by atoms with Crippen LogP contribution in [0.25, 0.3) is 0 Å². The van der Waals surface area contributed by atoms with E-state index in [1.54, 1.807) is 6.21 Å². The molecular formula is C18H30N8O. The lowest BCUT2D eigenvalue weighted by Crippen LogP contribution is -2.38. The summed E-state index contributed by atoms with van der Waals surface area (Å²) in [5.74, 6) is 0.588. The monoisotopic (exact) mass is 374 g/mol. The van der Waals surface area contributed by atoms with E-state index < -0.39 is 5.91 Å². The lowest BCUT2D eigenvalue weighted by molar-refractivity contribution is 0.0996. The van der Waals surface area contributed by atoms with Crippen molar-refractivity contribution in [2.45, 2.75) is 51.6 Å². The largest absolute Gasteiger partial charge is 0.364 e. The Labute approximate surface area is 159 Å². The first-order valence-electron chi connectivity index (χ1n) is 9.41. The SMILES string of the molecule is CCCC(Nc1cnc(C(N)=O)c(N=C(C=NCC2CC2)CN)n1)C(C)N. The summed E-state index contributed by atoms with van der Waals surface area (Å²) >= 11 is 0. The Morgan fingerprint density at radius 2 is 2.22 bits per heavy atom. The lowest BCUT2D eigenvalue weighted by atomic mass is 10.1. The summed E-state index contributed by atoms with van der Waals surface area (Å²) in [6.07, 6.45) is 7.40. The van der Waals surface area contributed by atoms with Crippen molar-refractivity contribution in [3.63, 3.8) is 0 Å². The summed E-state index contributed by atoms with van der Waals surface area (Å²) in [5, 5.41) is 3.26. The molecular weight excluding hydrogens is 344 g/mol. The molecule has 7 N–H and O–H groups in total. The number of aromatic nitrogens is 2. The molecule has 2 rings (SSSR count). The van der Waals surface area contributed by atoms with Gasteiger partial charge in [0.1, 0.15) is 5.82 Å². The van der Waals surface area contributed by atoms with Crippen LogP contribution >= 0.6 is 0 Å². The first-order valence-corrected chi connectivity index (χ1v) is 9.41. The molecule has 0 aromatic carbocycles. The van der Waals surface area contributed by atoms with E-state index in [1.807, 2.05) is 6.92 Å². The van der Waals surface area contributed by atoms with Gasteiger partial charge in [0.2, 0.25) is 0 Å². The van der Waals surface area contributed by atoms with Crippen LogP contribution in [0, 0.1) is 5.92 Å². The van der Waals surface area contributed by atoms with Crippen LogP contribution in [-0.4, -0.2) is 53.0 Å². The highest BCUT2D eigenvalue weighted by atomic mass is 16.1. The minimum Gasteiger partial charge on any atom is -0.364 e.